The number of nitrogens with zero attached hydrogens (tertiary/aromatic N) is 2. The summed E-state index contributed by atoms with van der Waals surface area (Å²) in [6.07, 6.45) is 3.92. The second-order valence-electron chi connectivity index (χ2n) is 4.07. The summed E-state index contributed by atoms with van der Waals surface area (Å²) in [6.45, 7) is 7.84. The smallest absolute Gasteiger partial charge is 0.221 e. The van der Waals surface area contributed by atoms with Gasteiger partial charge in [0.2, 0.25) is 5.91 Å². The molecule has 0 aromatic carbocycles. The molecule has 1 amide bonds. The summed E-state index contributed by atoms with van der Waals surface area (Å²) in [4.78, 5) is 17.5. The predicted molar refractivity (Wildman–Crippen MR) is 71.3 cm³/mol. The Hall–Kier alpha value is -1.58. The van der Waals surface area contributed by atoms with E-state index >= 15 is 0 Å². The fourth-order valence-corrected chi connectivity index (χ4v) is 1.73. The van der Waals surface area contributed by atoms with Crippen molar-refractivity contribution in [3.63, 3.8) is 0 Å². The highest BCUT2D eigenvalue weighted by Crippen LogP contribution is 2.14. The summed E-state index contributed by atoms with van der Waals surface area (Å²) in [5.74, 6) is 0.904. The highest BCUT2D eigenvalue weighted by Gasteiger charge is 2.05. The van der Waals surface area contributed by atoms with E-state index in [9.17, 15) is 4.79 Å². The molecule has 0 saturated carbocycles. The molecule has 4 heteroatoms. The number of nitrogens with one attached hydrogen (secondary N) is 1. The van der Waals surface area contributed by atoms with Gasteiger partial charge in [-0.2, -0.15) is 0 Å². The number of carbonyl (C=O) groups is 1. The zero-order chi connectivity index (χ0) is 12.7. The fraction of sp³-hybridized carbons (Fsp3) is 0.538. The molecular weight excluding hydrogens is 214 g/mol. The van der Waals surface area contributed by atoms with Gasteiger partial charge in [0.25, 0.3) is 0 Å². The molecule has 17 heavy (non-hydrogen) atoms. The van der Waals surface area contributed by atoms with Crippen molar-refractivity contribution in [3.8, 4) is 0 Å². The Morgan fingerprint density at radius 3 is 2.35 bits per heavy atom. The Kier molecular flexibility index (Phi) is 5.46. The molecule has 0 aliphatic rings. The summed E-state index contributed by atoms with van der Waals surface area (Å²) in [7, 11) is 0. The SMILES string of the molecule is CCCN(CCC)c1ccc(NC(C)=O)cn1. The average molecular weight is 235 g/mol. The summed E-state index contributed by atoms with van der Waals surface area (Å²) in [5.41, 5.74) is 0.745. The molecule has 1 rings (SSSR count). The Morgan fingerprint density at radius 1 is 1.29 bits per heavy atom. The van der Waals surface area contributed by atoms with Gasteiger partial charge in [0, 0.05) is 20.0 Å². The van der Waals surface area contributed by atoms with Crippen molar-refractivity contribution in [2.45, 2.75) is 33.6 Å². The van der Waals surface area contributed by atoms with Crippen molar-refractivity contribution < 1.29 is 4.79 Å². The zero-order valence-electron chi connectivity index (χ0n) is 10.9. The van der Waals surface area contributed by atoms with E-state index in [1.807, 2.05) is 12.1 Å². The molecule has 94 valence electrons. The summed E-state index contributed by atoms with van der Waals surface area (Å²) < 4.78 is 0. The van der Waals surface area contributed by atoms with Crippen LogP contribution in [-0.2, 0) is 4.79 Å². The molecule has 4 nitrogen and oxygen atoms in total. The van der Waals surface area contributed by atoms with Crippen LogP contribution in [0.5, 0.6) is 0 Å². The molecule has 0 saturated heterocycles. The Morgan fingerprint density at radius 2 is 1.94 bits per heavy atom. The second kappa shape index (κ2) is 6.89. The number of carbonyl (C=O) groups excluding carboxylic acids is 1. The van der Waals surface area contributed by atoms with E-state index in [-0.39, 0.29) is 5.91 Å². The van der Waals surface area contributed by atoms with Gasteiger partial charge in [-0.1, -0.05) is 13.8 Å². The number of rotatable bonds is 6. The van der Waals surface area contributed by atoms with Gasteiger partial charge in [-0.05, 0) is 25.0 Å². The quantitative estimate of drug-likeness (QED) is 0.824. The number of hydrogen-bond acceptors (Lipinski definition) is 3. The van der Waals surface area contributed by atoms with Crippen LogP contribution in [-0.4, -0.2) is 24.0 Å². The first kappa shape index (κ1) is 13.5. The van der Waals surface area contributed by atoms with Gasteiger partial charge in [0.15, 0.2) is 0 Å². The lowest BCUT2D eigenvalue weighted by molar-refractivity contribution is -0.114. The molecule has 0 unspecified atom stereocenters. The maximum atomic E-state index is 10.9. The van der Waals surface area contributed by atoms with E-state index in [1.54, 1.807) is 6.20 Å². The van der Waals surface area contributed by atoms with Crippen LogP contribution >= 0.6 is 0 Å². The topological polar surface area (TPSA) is 45.2 Å². The van der Waals surface area contributed by atoms with Gasteiger partial charge in [0.05, 0.1) is 11.9 Å². The van der Waals surface area contributed by atoms with E-state index in [1.165, 1.54) is 6.92 Å². The second-order valence-corrected chi connectivity index (χ2v) is 4.07. The van der Waals surface area contributed by atoms with Crippen LogP contribution in [0.4, 0.5) is 11.5 Å². The molecule has 1 aromatic rings. The molecule has 0 aliphatic carbocycles. The molecule has 0 aliphatic heterocycles. The minimum Gasteiger partial charge on any atom is -0.357 e. The monoisotopic (exact) mass is 235 g/mol. The maximum absolute atomic E-state index is 10.9. The normalized spacial score (nSPS) is 10.1. The molecular formula is C13H21N3O. The minimum absolute atomic E-state index is 0.0708. The van der Waals surface area contributed by atoms with Crippen LogP contribution in [0, 0.1) is 0 Å². The van der Waals surface area contributed by atoms with Crippen molar-refractivity contribution in [2.24, 2.45) is 0 Å². The number of pyridine rings is 1. The summed E-state index contributed by atoms with van der Waals surface area (Å²) in [5, 5.41) is 2.71. The van der Waals surface area contributed by atoms with E-state index in [2.05, 4.69) is 29.0 Å². The molecule has 1 N–H and O–H groups in total. The molecule has 0 bridgehead atoms. The molecule has 0 atom stereocenters. The third-order valence-electron chi connectivity index (χ3n) is 2.38. The van der Waals surface area contributed by atoms with Gasteiger partial charge in [-0.3, -0.25) is 4.79 Å². The molecule has 0 radical (unpaired) electrons. The van der Waals surface area contributed by atoms with Gasteiger partial charge in [-0.15, -0.1) is 0 Å². The van der Waals surface area contributed by atoms with Crippen molar-refractivity contribution >= 4 is 17.4 Å². The third-order valence-corrected chi connectivity index (χ3v) is 2.38. The molecule has 1 aromatic heterocycles. The lowest BCUT2D eigenvalue weighted by Crippen LogP contribution is -2.25. The highest BCUT2D eigenvalue weighted by atomic mass is 16.1. The first-order valence-electron chi connectivity index (χ1n) is 6.16. The zero-order valence-corrected chi connectivity index (χ0v) is 10.9. The van der Waals surface area contributed by atoms with Crippen molar-refractivity contribution in [3.05, 3.63) is 18.3 Å². The lowest BCUT2D eigenvalue weighted by atomic mass is 10.3. The fourth-order valence-electron chi connectivity index (χ4n) is 1.73. The minimum atomic E-state index is -0.0708. The highest BCUT2D eigenvalue weighted by molar-refractivity contribution is 5.88. The van der Waals surface area contributed by atoms with E-state index in [4.69, 9.17) is 0 Å². The van der Waals surface area contributed by atoms with E-state index in [0.29, 0.717) is 0 Å². The first-order chi connectivity index (χ1) is 8.17. The van der Waals surface area contributed by atoms with Crippen LogP contribution in [0.15, 0.2) is 18.3 Å². The predicted octanol–water partition coefficient (Wildman–Crippen LogP) is 2.67. The third kappa shape index (κ3) is 4.43. The average Bonchev–Trinajstić information content (AvgIpc) is 2.29. The number of aromatic nitrogens is 1. The summed E-state index contributed by atoms with van der Waals surface area (Å²) in [6, 6.07) is 3.85. The van der Waals surface area contributed by atoms with Crippen LogP contribution in [0.1, 0.15) is 33.6 Å². The van der Waals surface area contributed by atoms with Crippen molar-refractivity contribution in [1.82, 2.24) is 4.98 Å². The number of anilines is 2. The number of hydrogen-bond donors (Lipinski definition) is 1. The number of amides is 1. The van der Waals surface area contributed by atoms with Crippen LogP contribution < -0.4 is 10.2 Å². The maximum Gasteiger partial charge on any atom is 0.221 e. The Bertz CT molecular complexity index is 342. The molecule has 1 heterocycles. The van der Waals surface area contributed by atoms with Crippen LogP contribution in [0.25, 0.3) is 0 Å². The largest absolute Gasteiger partial charge is 0.357 e. The lowest BCUT2D eigenvalue weighted by Gasteiger charge is -2.22. The van der Waals surface area contributed by atoms with E-state index in [0.717, 1.165) is 37.4 Å². The van der Waals surface area contributed by atoms with E-state index < -0.39 is 0 Å². The van der Waals surface area contributed by atoms with Crippen LogP contribution in [0.2, 0.25) is 0 Å². The van der Waals surface area contributed by atoms with Gasteiger partial charge < -0.3 is 10.2 Å². The molecule has 0 spiro atoms. The summed E-state index contributed by atoms with van der Waals surface area (Å²) >= 11 is 0. The molecule has 0 fully saturated rings. The Labute approximate surface area is 103 Å². The van der Waals surface area contributed by atoms with Crippen LogP contribution in [0.3, 0.4) is 0 Å². The Balaban J connectivity index is 2.72. The van der Waals surface area contributed by atoms with Gasteiger partial charge in [-0.25, -0.2) is 4.98 Å². The van der Waals surface area contributed by atoms with Gasteiger partial charge in [0.1, 0.15) is 5.82 Å². The van der Waals surface area contributed by atoms with Crippen molar-refractivity contribution in [1.29, 1.82) is 0 Å². The standard InChI is InChI=1S/C13H21N3O/c1-4-8-16(9-5-2)13-7-6-12(10-14-13)15-11(3)17/h6-7,10H,4-5,8-9H2,1-3H3,(H,15,17). The van der Waals surface area contributed by atoms with Gasteiger partial charge >= 0.3 is 0 Å². The first-order valence-corrected chi connectivity index (χ1v) is 6.16. The van der Waals surface area contributed by atoms with Crippen molar-refractivity contribution in [2.75, 3.05) is 23.3 Å².